The SMILES string of the molecule is c1cn(-c2ccc(-c3ccsc3)cc2CSCOCSCc2cc(-c3ccsc3)ccc2-n2ccnc2)cn1. The molecule has 0 aliphatic carbocycles. The number of ether oxygens (including phenoxy) is 1. The summed E-state index contributed by atoms with van der Waals surface area (Å²) in [5.74, 6) is 3.01. The summed E-state index contributed by atoms with van der Waals surface area (Å²) in [5, 5.41) is 8.63. The fourth-order valence-corrected chi connectivity index (χ4v) is 7.29. The number of aromatic nitrogens is 4. The van der Waals surface area contributed by atoms with Gasteiger partial charge in [0.1, 0.15) is 0 Å². The van der Waals surface area contributed by atoms with Crippen LogP contribution >= 0.6 is 46.2 Å². The quantitative estimate of drug-likeness (QED) is 0.106. The molecule has 0 aliphatic rings. The fourth-order valence-electron chi connectivity index (χ4n) is 4.38. The zero-order valence-electron chi connectivity index (χ0n) is 21.1. The Morgan fingerprint density at radius 3 is 1.56 bits per heavy atom. The lowest BCUT2D eigenvalue weighted by Crippen LogP contribution is -1.99. The first-order valence-electron chi connectivity index (χ1n) is 12.4. The standard InChI is InChI=1S/C30H26N4OS4/c1-3-29(33-9-7-31-19-33)27(13-23(1)25-5-11-36-15-25)17-38-21-35-22-39-18-28-14-24(26-6-12-37-16-26)2-4-30(28)34-10-8-32-20-34/h1-16,19-20H,17-18,21-22H2. The zero-order chi connectivity index (χ0) is 26.3. The third-order valence-electron chi connectivity index (χ3n) is 6.28. The Balaban J connectivity index is 1.05. The lowest BCUT2D eigenvalue weighted by Gasteiger charge is -2.13. The van der Waals surface area contributed by atoms with Crippen LogP contribution in [0.1, 0.15) is 11.1 Å². The van der Waals surface area contributed by atoms with Gasteiger partial charge in [-0.15, -0.1) is 23.5 Å². The summed E-state index contributed by atoms with van der Waals surface area (Å²) in [7, 11) is 0. The van der Waals surface area contributed by atoms with Gasteiger partial charge < -0.3 is 13.9 Å². The maximum Gasteiger partial charge on any atom is 0.0991 e. The largest absolute Gasteiger partial charge is 0.360 e. The minimum absolute atomic E-state index is 0.641. The Bertz CT molecular complexity index is 1460. The lowest BCUT2D eigenvalue weighted by molar-refractivity contribution is 0.240. The predicted octanol–water partition coefficient (Wildman–Crippen LogP) is 8.61. The van der Waals surface area contributed by atoms with E-state index >= 15 is 0 Å². The van der Waals surface area contributed by atoms with Gasteiger partial charge in [-0.25, -0.2) is 9.97 Å². The summed E-state index contributed by atoms with van der Waals surface area (Å²) < 4.78 is 10.2. The van der Waals surface area contributed by atoms with Gasteiger partial charge >= 0.3 is 0 Å². The Hall–Kier alpha value is -3.08. The van der Waals surface area contributed by atoms with Crippen LogP contribution in [-0.4, -0.2) is 31.0 Å². The molecule has 0 amide bonds. The van der Waals surface area contributed by atoms with Crippen molar-refractivity contribution in [2.75, 3.05) is 11.9 Å². The first-order valence-corrected chi connectivity index (χ1v) is 16.6. The molecule has 0 unspecified atom stereocenters. The van der Waals surface area contributed by atoms with Gasteiger partial charge in [-0.1, -0.05) is 12.1 Å². The number of thioether (sulfide) groups is 2. The number of hydrogen-bond acceptors (Lipinski definition) is 7. The first kappa shape index (κ1) is 26.2. The van der Waals surface area contributed by atoms with Crippen molar-refractivity contribution in [2.24, 2.45) is 0 Å². The van der Waals surface area contributed by atoms with E-state index in [1.54, 1.807) is 46.2 Å². The van der Waals surface area contributed by atoms with Crippen molar-refractivity contribution < 1.29 is 4.74 Å². The molecule has 0 spiro atoms. The van der Waals surface area contributed by atoms with E-state index in [4.69, 9.17) is 4.74 Å². The smallest absolute Gasteiger partial charge is 0.0991 e. The van der Waals surface area contributed by atoms with Gasteiger partial charge in [0.15, 0.2) is 0 Å². The van der Waals surface area contributed by atoms with E-state index in [0.717, 1.165) is 22.9 Å². The van der Waals surface area contributed by atoms with E-state index in [1.165, 1.54) is 33.4 Å². The number of thiophene rings is 2. The Kier molecular flexibility index (Phi) is 8.62. The van der Waals surface area contributed by atoms with Crippen LogP contribution in [0.2, 0.25) is 0 Å². The molecule has 4 heterocycles. The molecule has 196 valence electrons. The van der Waals surface area contributed by atoms with E-state index in [-0.39, 0.29) is 0 Å². The van der Waals surface area contributed by atoms with E-state index in [9.17, 15) is 0 Å². The van der Waals surface area contributed by atoms with Gasteiger partial charge in [0.05, 0.1) is 35.9 Å². The minimum atomic E-state index is 0.641. The van der Waals surface area contributed by atoms with Crippen LogP contribution in [-0.2, 0) is 16.2 Å². The van der Waals surface area contributed by atoms with E-state index in [1.807, 2.05) is 37.4 Å². The van der Waals surface area contributed by atoms with Crippen molar-refractivity contribution in [1.29, 1.82) is 0 Å². The molecular weight excluding hydrogens is 561 g/mol. The van der Waals surface area contributed by atoms with Crippen molar-refractivity contribution in [3.63, 3.8) is 0 Å². The third kappa shape index (κ3) is 6.40. The van der Waals surface area contributed by atoms with Gasteiger partial charge in [0, 0.05) is 36.3 Å². The molecule has 0 saturated carbocycles. The minimum Gasteiger partial charge on any atom is -0.360 e. The van der Waals surface area contributed by atoms with Crippen LogP contribution < -0.4 is 0 Å². The molecular formula is C30H26N4OS4. The average Bonchev–Trinajstić information content (AvgIpc) is 3.79. The number of benzene rings is 2. The topological polar surface area (TPSA) is 44.9 Å². The predicted molar refractivity (Wildman–Crippen MR) is 167 cm³/mol. The van der Waals surface area contributed by atoms with Crippen molar-refractivity contribution in [2.45, 2.75) is 11.5 Å². The molecule has 0 atom stereocenters. The maximum absolute atomic E-state index is 6.03. The van der Waals surface area contributed by atoms with Crippen molar-refractivity contribution in [1.82, 2.24) is 19.1 Å². The lowest BCUT2D eigenvalue weighted by atomic mass is 10.0. The second kappa shape index (κ2) is 12.8. The molecule has 0 saturated heterocycles. The van der Waals surface area contributed by atoms with E-state index < -0.39 is 0 Å². The summed E-state index contributed by atoms with van der Waals surface area (Å²) in [6.45, 7) is 0. The summed E-state index contributed by atoms with van der Waals surface area (Å²) >= 11 is 7.03. The monoisotopic (exact) mass is 586 g/mol. The number of rotatable bonds is 12. The second-order valence-corrected chi connectivity index (χ2v) is 12.2. The van der Waals surface area contributed by atoms with Crippen LogP contribution in [0.5, 0.6) is 0 Å². The molecule has 2 aromatic carbocycles. The van der Waals surface area contributed by atoms with Gasteiger partial charge in [-0.2, -0.15) is 22.7 Å². The molecule has 9 heteroatoms. The summed E-state index contributed by atoms with van der Waals surface area (Å²) in [5.41, 5.74) is 9.86. The zero-order valence-corrected chi connectivity index (χ0v) is 24.3. The molecule has 0 bridgehead atoms. The van der Waals surface area contributed by atoms with Gasteiger partial charge in [-0.3, -0.25) is 0 Å². The van der Waals surface area contributed by atoms with Crippen molar-refractivity contribution in [3.8, 4) is 33.6 Å². The Morgan fingerprint density at radius 1 is 0.641 bits per heavy atom. The highest BCUT2D eigenvalue weighted by Crippen LogP contribution is 2.30. The number of nitrogens with zero attached hydrogens (tertiary/aromatic N) is 4. The molecule has 5 nitrogen and oxygen atoms in total. The van der Waals surface area contributed by atoms with Crippen LogP contribution in [0.15, 0.2) is 107 Å². The van der Waals surface area contributed by atoms with E-state index in [0.29, 0.717) is 11.9 Å². The molecule has 0 radical (unpaired) electrons. The summed E-state index contributed by atoms with van der Waals surface area (Å²) in [6.07, 6.45) is 11.3. The van der Waals surface area contributed by atoms with Crippen LogP contribution in [0, 0.1) is 0 Å². The molecule has 0 fully saturated rings. The van der Waals surface area contributed by atoms with Crippen LogP contribution in [0.25, 0.3) is 33.6 Å². The molecule has 0 aliphatic heterocycles. The summed E-state index contributed by atoms with van der Waals surface area (Å²) in [6, 6.07) is 17.7. The highest BCUT2D eigenvalue weighted by Gasteiger charge is 2.10. The molecule has 0 N–H and O–H groups in total. The highest BCUT2D eigenvalue weighted by atomic mass is 32.2. The van der Waals surface area contributed by atoms with Gasteiger partial charge in [-0.05, 0) is 91.3 Å². The van der Waals surface area contributed by atoms with E-state index in [2.05, 4.69) is 89.2 Å². The normalized spacial score (nSPS) is 11.3. The van der Waals surface area contributed by atoms with Crippen LogP contribution in [0.3, 0.4) is 0 Å². The number of hydrogen-bond donors (Lipinski definition) is 0. The fraction of sp³-hybridized carbons (Fsp3) is 0.133. The van der Waals surface area contributed by atoms with Crippen LogP contribution in [0.4, 0.5) is 0 Å². The molecule has 6 rings (SSSR count). The van der Waals surface area contributed by atoms with Crippen molar-refractivity contribution >= 4 is 46.2 Å². The average molecular weight is 587 g/mol. The Morgan fingerprint density at radius 2 is 1.15 bits per heavy atom. The Labute approximate surface area is 244 Å². The van der Waals surface area contributed by atoms with Crippen molar-refractivity contribution in [3.05, 3.63) is 119 Å². The highest BCUT2D eigenvalue weighted by molar-refractivity contribution is 7.99. The molecule has 39 heavy (non-hydrogen) atoms. The number of imidazole rings is 2. The molecule has 4 aromatic heterocycles. The van der Waals surface area contributed by atoms with Gasteiger partial charge in [0.2, 0.25) is 0 Å². The second-order valence-electron chi connectivity index (χ2n) is 8.79. The maximum atomic E-state index is 6.03. The first-order chi connectivity index (χ1) is 19.3. The molecule has 6 aromatic rings. The van der Waals surface area contributed by atoms with Gasteiger partial charge in [0.25, 0.3) is 0 Å². The summed E-state index contributed by atoms with van der Waals surface area (Å²) in [4.78, 5) is 8.47. The third-order valence-corrected chi connectivity index (χ3v) is 9.35.